The molecule has 3 aromatic rings. The van der Waals surface area contributed by atoms with Gasteiger partial charge in [-0.3, -0.25) is 9.69 Å². The van der Waals surface area contributed by atoms with Crippen LogP contribution < -0.4 is 5.32 Å². The number of halogens is 2. The van der Waals surface area contributed by atoms with Crippen molar-refractivity contribution in [1.82, 2.24) is 15.2 Å². The van der Waals surface area contributed by atoms with Gasteiger partial charge < -0.3 is 9.73 Å². The minimum atomic E-state index is 0.0690. The Bertz CT molecular complexity index is 1040. The van der Waals surface area contributed by atoms with Crippen molar-refractivity contribution in [3.63, 3.8) is 0 Å². The molecule has 0 bridgehead atoms. The maximum absolute atomic E-state index is 12.6. The molecule has 2 heterocycles. The summed E-state index contributed by atoms with van der Waals surface area (Å²) in [6.07, 6.45) is 2.52. The fraction of sp³-hybridized carbons (Fsp3) is 0.360. The fourth-order valence-electron chi connectivity index (χ4n) is 3.98. The van der Waals surface area contributed by atoms with E-state index in [9.17, 15) is 4.79 Å². The highest BCUT2D eigenvalue weighted by Crippen LogP contribution is 2.25. The van der Waals surface area contributed by atoms with Gasteiger partial charge >= 0.3 is 0 Å². The Morgan fingerprint density at radius 2 is 1.69 bits per heavy atom. The van der Waals surface area contributed by atoms with Crippen molar-refractivity contribution < 1.29 is 9.21 Å². The van der Waals surface area contributed by atoms with E-state index in [2.05, 4.69) is 10.2 Å². The number of hydrogen-bond acceptors (Lipinski definition) is 4. The summed E-state index contributed by atoms with van der Waals surface area (Å²) < 4.78 is 5.88. The number of carbonyl (C=O) groups is 1. The molecule has 1 saturated heterocycles. The van der Waals surface area contributed by atoms with Crippen LogP contribution in [0.1, 0.15) is 29.9 Å². The van der Waals surface area contributed by atoms with Crippen LogP contribution in [-0.2, 0) is 17.8 Å². The molecule has 32 heavy (non-hydrogen) atoms. The summed E-state index contributed by atoms with van der Waals surface area (Å²) in [5, 5.41) is 4.50. The summed E-state index contributed by atoms with van der Waals surface area (Å²) in [5.74, 6) is 1.67. The van der Waals surface area contributed by atoms with Gasteiger partial charge in [0, 0.05) is 34.6 Å². The summed E-state index contributed by atoms with van der Waals surface area (Å²) in [4.78, 5) is 19.6. The van der Waals surface area contributed by atoms with E-state index in [-0.39, 0.29) is 11.8 Å². The summed E-state index contributed by atoms with van der Waals surface area (Å²) in [6.45, 7) is 5.07. The molecule has 2 aromatic carbocycles. The number of benzene rings is 2. The van der Waals surface area contributed by atoms with Gasteiger partial charge in [-0.1, -0.05) is 35.3 Å². The van der Waals surface area contributed by atoms with Gasteiger partial charge in [-0.2, -0.15) is 0 Å². The summed E-state index contributed by atoms with van der Waals surface area (Å²) in [6, 6.07) is 15.2. The molecule has 0 atom stereocenters. The number of piperidine rings is 1. The zero-order valence-corrected chi connectivity index (χ0v) is 19.6. The number of nitrogens with one attached hydrogen (secondary N) is 1. The van der Waals surface area contributed by atoms with Crippen LogP contribution in [0.2, 0.25) is 10.0 Å². The topological polar surface area (TPSA) is 58.4 Å². The van der Waals surface area contributed by atoms with E-state index in [0.717, 1.165) is 60.9 Å². The average molecular weight is 472 g/mol. The molecule has 1 aliphatic heterocycles. The lowest BCUT2D eigenvalue weighted by Crippen LogP contribution is -2.40. The molecule has 1 N–H and O–H groups in total. The molecule has 1 amide bonds. The minimum absolute atomic E-state index is 0.0690. The number of rotatable bonds is 7. The maximum Gasteiger partial charge on any atom is 0.226 e. The number of likely N-dealkylation sites (tertiary alicyclic amines) is 1. The van der Waals surface area contributed by atoms with E-state index in [1.807, 2.05) is 55.5 Å². The molecule has 5 nitrogen and oxygen atoms in total. The number of amides is 1. The van der Waals surface area contributed by atoms with E-state index in [4.69, 9.17) is 32.6 Å². The highest BCUT2D eigenvalue weighted by molar-refractivity contribution is 6.30. The van der Waals surface area contributed by atoms with Crippen LogP contribution in [0.4, 0.5) is 0 Å². The molecule has 0 unspecified atom stereocenters. The number of oxazole rings is 1. The number of aromatic nitrogens is 1. The number of aryl methyl sites for hydroxylation is 1. The van der Waals surface area contributed by atoms with Gasteiger partial charge in [-0.05, 0) is 81.2 Å². The van der Waals surface area contributed by atoms with Crippen LogP contribution in [0.15, 0.2) is 52.9 Å². The molecular formula is C25H27Cl2N3O2. The highest BCUT2D eigenvalue weighted by Gasteiger charge is 2.26. The second kappa shape index (κ2) is 10.5. The Kier molecular flexibility index (Phi) is 7.51. The highest BCUT2D eigenvalue weighted by atomic mass is 35.5. The zero-order chi connectivity index (χ0) is 22.5. The van der Waals surface area contributed by atoms with Crippen LogP contribution in [-0.4, -0.2) is 35.4 Å². The van der Waals surface area contributed by atoms with Gasteiger partial charge in [0.1, 0.15) is 5.76 Å². The van der Waals surface area contributed by atoms with Crippen molar-refractivity contribution in [2.75, 3.05) is 19.6 Å². The van der Waals surface area contributed by atoms with Crippen LogP contribution in [0, 0.1) is 12.8 Å². The second-order valence-corrected chi connectivity index (χ2v) is 9.12. The minimum Gasteiger partial charge on any atom is -0.441 e. The van der Waals surface area contributed by atoms with Crippen molar-refractivity contribution in [2.24, 2.45) is 5.92 Å². The van der Waals surface area contributed by atoms with Crippen molar-refractivity contribution in [3.05, 3.63) is 75.6 Å². The quantitative estimate of drug-likeness (QED) is 0.492. The van der Waals surface area contributed by atoms with Crippen molar-refractivity contribution in [2.45, 2.75) is 32.7 Å². The number of nitrogens with zero attached hydrogens (tertiary/aromatic N) is 2. The number of carbonyl (C=O) groups excluding carboxylic acids is 1. The van der Waals surface area contributed by atoms with Crippen molar-refractivity contribution in [1.29, 1.82) is 0 Å². The molecular weight excluding hydrogens is 445 g/mol. The molecule has 168 valence electrons. The van der Waals surface area contributed by atoms with Gasteiger partial charge in [0.25, 0.3) is 0 Å². The molecule has 1 fully saturated rings. The van der Waals surface area contributed by atoms with Crippen LogP contribution in [0.25, 0.3) is 11.5 Å². The van der Waals surface area contributed by atoms with E-state index in [1.54, 1.807) is 0 Å². The fourth-order valence-corrected chi connectivity index (χ4v) is 4.23. The first-order valence-corrected chi connectivity index (χ1v) is 11.7. The molecule has 0 saturated carbocycles. The van der Waals surface area contributed by atoms with Gasteiger partial charge in [-0.25, -0.2) is 4.98 Å². The third-order valence-corrected chi connectivity index (χ3v) is 6.45. The summed E-state index contributed by atoms with van der Waals surface area (Å²) in [5.41, 5.74) is 3.03. The Morgan fingerprint density at radius 1 is 1.06 bits per heavy atom. The Hall–Kier alpha value is -2.34. The van der Waals surface area contributed by atoms with Gasteiger partial charge in [0.2, 0.25) is 11.8 Å². The predicted molar refractivity (Wildman–Crippen MR) is 128 cm³/mol. The smallest absolute Gasteiger partial charge is 0.226 e. The van der Waals surface area contributed by atoms with E-state index < -0.39 is 0 Å². The molecule has 1 aromatic heterocycles. The maximum atomic E-state index is 12.6. The Morgan fingerprint density at radius 3 is 2.34 bits per heavy atom. The first-order chi connectivity index (χ1) is 15.5. The van der Waals surface area contributed by atoms with E-state index in [1.165, 1.54) is 5.56 Å². The third kappa shape index (κ3) is 5.91. The third-order valence-electron chi connectivity index (χ3n) is 5.94. The second-order valence-electron chi connectivity index (χ2n) is 8.25. The summed E-state index contributed by atoms with van der Waals surface area (Å²) >= 11 is 11.9. The molecule has 4 rings (SSSR count). The average Bonchev–Trinajstić information content (AvgIpc) is 3.16. The Labute approximate surface area is 198 Å². The van der Waals surface area contributed by atoms with Gasteiger partial charge in [-0.15, -0.1) is 0 Å². The predicted octanol–water partition coefficient (Wildman–Crippen LogP) is 5.53. The lowest BCUT2D eigenvalue weighted by molar-refractivity contribution is -0.126. The SMILES string of the molecule is Cc1oc(-c2ccc(Cl)cc2)nc1CN1CCC(C(=O)NCCc2ccc(Cl)cc2)CC1. The van der Waals surface area contributed by atoms with Crippen molar-refractivity contribution >= 4 is 29.1 Å². The standard InChI is InChI=1S/C25H27Cl2N3O2/c1-17-23(29-25(32-17)20-4-8-22(27)9-5-20)16-30-14-11-19(12-15-30)24(31)28-13-10-18-2-6-21(26)7-3-18/h2-9,19H,10-16H2,1H3,(H,28,31). The lowest BCUT2D eigenvalue weighted by atomic mass is 9.95. The van der Waals surface area contributed by atoms with Gasteiger partial charge in [0.15, 0.2) is 0 Å². The zero-order valence-electron chi connectivity index (χ0n) is 18.1. The molecule has 0 radical (unpaired) electrons. The van der Waals surface area contributed by atoms with Crippen LogP contribution in [0.3, 0.4) is 0 Å². The van der Waals surface area contributed by atoms with E-state index >= 15 is 0 Å². The lowest BCUT2D eigenvalue weighted by Gasteiger charge is -2.30. The number of hydrogen-bond donors (Lipinski definition) is 1. The first-order valence-electron chi connectivity index (χ1n) is 10.9. The monoisotopic (exact) mass is 471 g/mol. The molecule has 7 heteroatoms. The van der Waals surface area contributed by atoms with Crippen molar-refractivity contribution in [3.8, 4) is 11.5 Å². The molecule has 0 aliphatic carbocycles. The normalized spacial score (nSPS) is 15.1. The Balaban J connectivity index is 1.23. The van der Waals surface area contributed by atoms with Crippen LogP contribution in [0.5, 0.6) is 0 Å². The van der Waals surface area contributed by atoms with E-state index in [0.29, 0.717) is 17.5 Å². The van der Waals surface area contributed by atoms with Crippen LogP contribution >= 0.6 is 23.2 Å². The molecule has 1 aliphatic rings. The molecule has 0 spiro atoms. The first kappa shape index (κ1) is 22.8. The largest absolute Gasteiger partial charge is 0.441 e. The summed E-state index contributed by atoms with van der Waals surface area (Å²) in [7, 11) is 0. The van der Waals surface area contributed by atoms with Gasteiger partial charge in [0.05, 0.1) is 5.69 Å².